The lowest BCUT2D eigenvalue weighted by molar-refractivity contribution is 0.0956. The molecule has 3 heteroatoms. The smallest absolute Gasteiger partial charge is 0.251 e. The predicted molar refractivity (Wildman–Crippen MR) is 84.3 cm³/mol. The lowest BCUT2D eigenvalue weighted by atomic mass is 9.97. The van der Waals surface area contributed by atoms with Crippen LogP contribution < -0.4 is 5.32 Å². The minimum Gasteiger partial charge on any atom is -0.352 e. The normalized spacial score (nSPS) is 15.9. The van der Waals surface area contributed by atoms with Crippen molar-refractivity contribution in [3.05, 3.63) is 70.8 Å². The molecule has 102 valence electrons. The maximum atomic E-state index is 12.1. The van der Waals surface area contributed by atoms with Crippen molar-refractivity contribution < 1.29 is 4.79 Å². The average molecular weight is 330 g/mol. The minimum absolute atomic E-state index is 0.0483. The highest BCUT2D eigenvalue weighted by atomic mass is 79.9. The summed E-state index contributed by atoms with van der Waals surface area (Å²) in [5.41, 5.74) is 4.28. The molecule has 2 aromatic rings. The van der Waals surface area contributed by atoms with E-state index in [9.17, 15) is 4.79 Å². The largest absolute Gasteiger partial charge is 0.352 e. The zero-order valence-electron chi connectivity index (χ0n) is 11.1. The van der Waals surface area contributed by atoms with Crippen molar-refractivity contribution in [2.75, 3.05) is 6.54 Å². The molecule has 0 saturated carbocycles. The van der Waals surface area contributed by atoms with Gasteiger partial charge in [-0.05, 0) is 35.6 Å². The van der Waals surface area contributed by atoms with Gasteiger partial charge in [-0.3, -0.25) is 4.79 Å². The first-order chi connectivity index (χ1) is 9.75. The molecule has 0 aromatic heterocycles. The van der Waals surface area contributed by atoms with E-state index in [0.717, 1.165) is 36.1 Å². The molecule has 0 fully saturated rings. The van der Waals surface area contributed by atoms with Gasteiger partial charge < -0.3 is 5.32 Å². The Morgan fingerprint density at radius 2 is 1.85 bits per heavy atom. The molecule has 1 unspecified atom stereocenters. The zero-order valence-corrected chi connectivity index (χ0v) is 12.7. The number of alkyl halides is 1. The quantitative estimate of drug-likeness (QED) is 0.833. The molecule has 0 radical (unpaired) electrons. The summed E-state index contributed by atoms with van der Waals surface area (Å²) in [5.74, 6) is 0.0483. The van der Waals surface area contributed by atoms with Crippen molar-refractivity contribution in [2.24, 2.45) is 0 Å². The maximum Gasteiger partial charge on any atom is 0.251 e. The highest BCUT2D eigenvalue weighted by molar-refractivity contribution is 9.09. The van der Waals surface area contributed by atoms with Gasteiger partial charge in [0, 0.05) is 12.1 Å². The number of hydrogen-bond donors (Lipinski definition) is 1. The highest BCUT2D eigenvalue weighted by Gasteiger charge is 2.18. The minimum atomic E-state index is 0.0483. The van der Waals surface area contributed by atoms with E-state index >= 15 is 0 Å². The van der Waals surface area contributed by atoms with Gasteiger partial charge in [0.2, 0.25) is 0 Å². The fourth-order valence-corrected chi connectivity index (χ4v) is 3.16. The molecule has 0 bridgehead atoms. The third-order valence-corrected chi connectivity index (χ3v) is 4.73. The number of carbonyl (C=O) groups is 1. The van der Waals surface area contributed by atoms with Crippen LogP contribution in [0.25, 0.3) is 0 Å². The van der Waals surface area contributed by atoms with E-state index in [1.165, 1.54) is 5.56 Å². The molecule has 2 aromatic carbocycles. The van der Waals surface area contributed by atoms with E-state index in [2.05, 4.69) is 45.5 Å². The van der Waals surface area contributed by atoms with E-state index in [-0.39, 0.29) is 10.7 Å². The van der Waals surface area contributed by atoms with Crippen LogP contribution in [-0.2, 0) is 6.42 Å². The van der Waals surface area contributed by atoms with Crippen molar-refractivity contribution in [1.82, 2.24) is 5.32 Å². The maximum absolute atomic E-state index is 12.1. The molecule has 1 amide bonds. The predicted octanol–water partition coefficient (Wildman–Crippen LogP) is 3.85. The van der Waals surface area contributed by atoms with Crippen molar-refractivity contribution in [3.8, 4) is 0 Å². The molecule has 1 heterocycles. The molecule has 1 aliphatic heterocycles. The second-order valence-electron chi connectivity index (χ2n) is 5.05. The Hall–Kier alpha value is -1.61. The van der Waals surface area contributed by atoms with Crippen molar-refractivity contribution in [3.63, 3.8) is 0 Å². The van der Waals surface area contributed by atoms with Crippen LogP contribution in [0.5, 0.6) is 0 Å². The van der Waals surface area contributed by atoms with Crippen LogP contribution in [0.2, 0.25) is 0 Å². The molecule has 0 spiro atoms. The number of hydrogen-bond acceptors (Lipinski definition) is 1. The van der Waals surface area contributed by atoms with Gasteiger partial charge in [0.15, 0.2) is 0 Å². The zero-order chi connectivity index (χ0) is 13.9. The number of nitrogens with one attached hydrogen (secondary N) is 1. The van der Waals surface area contributed by atoms with Crippen LogP contribution in [0.15, 0.2) is 48.5 Å². The lowest BCUT2D eigenvalue weighted by Crippen LogP contribution is -2.22. The monoisotopic (exact) mass is 329 g/mol. The summed E-state index contributed by atoms with van der Waals surface area (Å²) in [7, 11) is 0. The number of aryl methyl sites for hydroxylation is 1. The van der Waals surface area contributed by atoms with Crippen LogP contribution in [0, 0.1) is 0 Å². The Bertz CT molecular complexity index is 624. The fraction of sp³-hybridized carbons (Fsp3) is 0.235. The van der Waals surface area contributed by atoms with Crippen molar-refractivity contribution in [1.29, 1.82) is 0 Å². The summed E-state index contributed by atoms with van der Waals surface area (Å²) >= 11 is 3.73. The Balaban J connectivity index is 1.98. The van der Waals surface area contributed by atoms with E-state index in [1.54, 1.807) is 0 Å². The fourth-order valence-electron chi connectivity index (χ4n) is 2.57. The first-order valence-corrected chi connectivity index (χ1v) is 7.77. The summed E-state index contributed by atoms with van der Waals surface area (Å²) in [4.78, 5) is 12.2. The number of rotatable bonds is 2. The Morgan fingerprint density at radius 3 is 2.65 bits per heavy atom. The standard InChI is InChI=1S/C17H16BrNO/c18-16(13-5-2-1-3-6-13)14-9-8-12-7-4-10-19-17(20)15(12)11-14/h1-3,5-6,8-9,11,16H,4,7,10H2,(H,19,20). The number of fused-ring (bicyclic) bond motifs is 1. The number of carbonyl (C=O) groups excluding carboxylic acids is 1. The summed E-state index contributed by atoms with van der Waals surface area (Å²) < 4.78 is 0. The van der Waals surface area contributed by atoms with E-state index in [0.29, 0.717) is 0 Å². The number of amides is 1. The topological polar surface area (TPSA) is 29.1 Å². The molecular weight excluding hydrogens is 314 g/mol. The second kappa shape index (κ2) is 5.80. The molecular formula is C17H16BrNO. The van der Waals surface area contributed by atoms with Crippen LogP contribution >= 0.6 is 15.9 Å². The summed E-state index contributed by atoms with van der Waals surface area (Å²) in [6, 6.07) is 16.5. The Kier molecular flexibility index (Phi) is 3.88. The molecule has 20 heavy (non-hydrogen) atoms. The van der Waals surface area contributed by atoms with Gasteiger partial charge >= 0.3 is 0 Å². The summed E-state index contributed by atoms with van der Waals surface area (Å²) in [5, 5.41) is 2.95. The SMILES string of the molecule is O=C1NCCCc2ccc(C(Br)c3ccccc3)cc21. The van der Waals surface area contributed by atoms with Gasteiger partial charge in [0.25, 0.3) is 5.91 Å². The third-order valence-electron chi connectivity index (χ3n) is 3.67. The van der Waals surface area contributed by atoms with E-state index < -0.39 is 0 Å². The van der Waals surface area contributed by atoms with Gasteiger partial charge in [-0.1, -0.05) is 58.4 Å². The first-order valence-electron chi connectivity index (χ1n) is 6.86. The molecule has 0 aliphatic carbocycles. The molecule has 2 nitrogen and oxygen atoms in total. The van der Waals surface area contributed by atoms with Gasteiger partial charge in [0.05, 0.1) is 4.83 Å². The molecule has 3 rings (SSSR count). The van der Waals surface area contributed by atoms with Gasteiger partial charge in [-0.25, -0.2) is 0 Å². The van der Waals surface area contributed by atoms with E-state index in [4.69, 9.17) is 0 Å². The average Bonchev–Trinajstić information content (AvgIpc) is 2.69. The van der Waals surface area contributed by atoms with Gasteiger partial charge in [-0.2, -0.15) is 0 Å². The van der Waals surface area contributed by atoms with Crippen LogP contribution in [0.4, 0.5) is 0 Å². The second-order valence-corrected chi connectivity index (χ2v) is 5.96. The summed E-state index contributed by atoms with van der Waals surface area (Å²) in [6.07, 6.45) is 1.97. The molecule has 1 N–H and O–H groups in total. The number of benzene rings is 2. The van der Waals surface area contributed by atoms with Gasteiger partial charge in [0.1, 0.15) is 0 Å². The molecule has 1 aliphatic rings. The molecule has 0 saturated heterocycles. The number of halogens is 1. The first kappa shape index (κ1) is 13.4. The lowest BCUT2D eigenvalue weighted by Gasteiger charge is -2.13. The van der Waals surface area contributed by atoms with Crippen LogP contribution in [0.1, 0.15) is 38.3 Å². The van der Waals surface area contributed by atoms with Gasteiger partial charge in [-0.15, -0.1) is 0 Å². The van der Waals surface area contributed by atoms with Crippen LogP contribution in [-0.4, -0.2) is 12.5 Å². The highest BCUT2D eigenvalue weighted by Crippen LogP contribution is 2.32. The van der Waals surface area contributed by atoms with E-state index in [1.807, 2.05) is 24.3 Å². The summed E-state index contributed by atoms with van der Waals surface area (Å²) in [6.45, 7) is 0.763. The Morgan fingerprint density at radius 1 is 1.05 bits per heavy atom. The van der Waals surface area contributed by atoms with Crippen LogP contribution in [0.3, 0.4) is 0 Å². The third kappa shape index (κ3) is 2.63. The van der Waals surface area contributed by atoms with Crippen molar-refractivity contribution in [2.45, 2.75) is 17.7 Å². The van der Waals surface area contributed by atoms with Crippen molar-refractivity contribution >= 4 is 21.8 Å². The Labute approximate surface area is 127 Å². The molecule has 1 atom stereocenters.